The maximum Gasteiger partial charge on any atom is 0.132 e. The van der Waals surface area contributed by atoms with E-state index >= 15 is 0 Å². The highest BCUT2D eigenvalue weighted by Crippen LogP contribution is 1.95. The molecule has 1 aromatic heterocycles. The molecule has 1 rings (SSSR count). The van der Waals surface area contributed by atoms with Crippen molar-refractivity contribution >= 4 is 0 Å². The normalized spacial score (nSPS) is 9.62. The van der Waals surface area contributed by atoms with E-state index in [1.807, 2.05) is 0 Å². The molecule has 0 aromatic carbocycles. The molecule has 1 heterocycles. The Hall–Kier alpha value is -0.790. The second-order valence-electron chi connectivity index (χ2n) is 1.66. The van der Waals surface area contributed by atoms with Gasteiger partial charge in [-0.05, 0) is 6.42 Å². The van der Waals surface area contributed by atoms with Crippen LogP contribution in [0.15, 0.2) is 10.8 Å². The van der Waals surface area contributed by atoms with Crippen LogP contribution < -0.4 is 0 Å². The monoisotopic (exact) mass is 110 g/mol. The molecule has 0 fully saturated rings. The number of hydrogen-bond acceptors (Lipinski definition) is 2. The quantitative estimate of drug-likeness (QED) is 0.575. The van der Waals surface area contributed by atoms with Crippen LogP contribution in [-0.4, -0.2) is 5.16 Å². The standard InChI is InChI=1S/C6H8NO/c1-2-3-6-4-5-8-7-6/h5H,2-3H2,1H3. The van der Waals surface area contributed by atoms with Crippen LogP contribution in [0.4, 0.5) is 0 Å². The fourth-order valence-electron chi connectivity index (χ4n) is 0.565. The van der Waals surface area contributed by atoms with Crippen molar-refractivity contribution in [3.05, 3.63) is 18.0 Å². The van der Waals surface area contributed by atoms with Gasteiger partial charge < -0.3 is 4.52 Å². The molecule has 0 N–H and O–H groups in total. The van der Waals surface area contributed by atoms with E-state index in [0.717, 1.165) is 18.5 Å². The van der Waals surface area contributed by atoms with E-state index in [9.17, 15) is 0 Å². The third-order valence-electron chi connectivity index (χ3n) is 0.928. The van der Waals surface area contributed by atoms with Gasteiger partial charge in [0.25, 0.3) is 0 Å². The van der Waals surface area contributed by atoms with Crippen molar-refractivity contribution in [3.8, 4) is 0 Å². The van der Waals surface area contributed by atoms with Crippen molar-refractivity contribution in [1.29, 1.82) is 0 Å². The molecule has 1 aromatic rings. The van der Waals surface area contributed by atoms with Gasteiger partial charge in [0.05, 0.1) is 5.69 Å². The molecule has 0 unspecified atom stereocenters. The lowest BCUT2D eigenvalue weighted by Gasteiger charge is -1.82. The molecule has 0 aliphatic rings. The van der Waals surface area contributed by atoms with Crippen molar-refractivity contribution < 1.29 is 4.52 Å². The molecule has 0 aliphatic heterocycles. The summed E-state index contributed by atoms with van der Waals surface area (Å²) in [5.41, 5.74) is 0.924. The van der Waals surface area contributed by atoms with Crippen LogP contribution in [0.3, 0.4) is 0 Å². The number of rotatable bonds is 2. The molecule has 1 radical (unpaired) electrons. The molecular weight excluding hydrogens is 102 g/mol. The average Bonchev–Trinajstić information content (AvgIpc) is 2.19. The van der Waals surface area contributed by atoms with E-state index < -0.39 is 0 Å². The Kier molecular flexibility index (Phi) is 1.67. The summed E-state index contributed by atoms with van der Waals surface area (Å²) in [7, 11) is 0. The zero-order valence-electron chi connectivity index (χ0n) is 4.85. The van der Waals surface area contributed by atoms with Gasteiger partial charge in [0, 0.05) is 6.07 Å². The zero-order chi connectivity index (χ0) is 5.82. The zero-order valence-corrected chi connectivity index (χ0v) is 4.85. The Morgan fingerprint density at radius 3 is 3.25 bits per heavy atom. The Labute approximate surface area is 48.5 Å². The molecule has 0 bridgehead atoms. The van der Waals surface area contributed by atoms with E-state index in [-0.39, 0.29) is 0 Å². The molecular formula is C6H8NO. The summed E-state index contributed by atoms with van der Waals surface area (Å²) in [6.07, 6.45) is 3.55. The van der Waals surface area contributed by atoms with Gasteiger partial charge in [-0.15, -0.1) is 0 Å². The third kappa shape index (κ3) is 1.09. The minimum absolute atomic E-state index is 0.924. The smallest absolute Gasteiger partial charge is 0.132 e. The van der Waals surface area contributed by atoms with Gasteiger partial charge in [0.15, 0.2) is 0 Å². The lowest BCUT2D eigenvalue weighted by Crippen LogP contribution is -1.79. The molecule has 43 valence electrons. The van der Waals surface area contributed by atoms with E-state index in [1.54, 1.807) is 0 Å². The molecule has 0 saturated carbocycles. The van der Waals surface area contributed by atoms with Gasteiger partial charge in [-0.1, -0.05) is 18.5 Å². The minimum Gasteiger partial charge on any atom is -0.364 e. The van der Waals surface area contributed by atoms with Crippen LogP contribution >= 0.6 is 0 Å². The third-order valence-corrected chi connectivity index (χ3v) is 0.928. The molecule has 8 heavy (non-hydrogen) atoms. The van der Waals surface area contributed by atoms with E-state index in [0.29, 0.717) is 0 Å². The largest absolute Gasteiger partial charge is 0.364 e. The molecule has 2 heteroatoms. The predicted molar refractivity (Wildman–Crippen MR) is 29.3 cm³/mol. The van der Waals surface area contributed by atoms with Gasteiger partial charge in [0.2, 0.25) is 0 Å². The minimum atomic E-state index is 0.924. The Bertz CT molecular complexity index is 134. The molecule has 0 aliphatic carbocycles. The van der Waals surface area contributed by atoms with Crippen LogP contribution in [0.5, 0.6) is 0 Å². The Morgan fingerprint density at radius 2 is 2.75 bits per heavy atom. The summed E-state index contributed by atoms with van der Waals surface area (Å²) >= 11 is 0. The second kappa shape index (κ2) is 2.50. The van der Waals surface area contributed by atoms with Crippen LogP contribution in [-0.2, 0) is 6.42 Å². The molecule has 0 saturated heterocycles. The summed E-state index contributed by atoms with van der Waals surface area (Å²) in [6, 6.07) is 2.86. The predicted octanol–water partition coefficient (Wildman–Crippen LogP) is 1.43. The summed E-state index contributed by atoms with van der Waals surface area (Å²) < 4.78 is 4.56. The lowest BCUT2D eigenvalue weighted by molar-refractivity contribution is 0.411. The highest BCUT2D eigenvalue weighted by molar-refractivity contribution is 4.91. The summed E-state index contributed by atoms with van der Waals surface area (Å²) in [6.45, 7) is 2.10. The topological polar surface area (TPSA) is 26.0 Å². The molecule has 0 spiro atoms. The van der Waals surface area contributed by atoms with Crippen molar-refractivity contribution in [2.45, 2.75) is 19.8 Å². The first-order chi connectivity index (χ1) is 3.93. The fraction of sp³-hybridized carbons (Fsp3) is 0.500. The van der Waals surface area contributed by atoms with Crippen molar-refractivity contribution in [1.82, 2.24) is 5.16 Å². The average molecular weight is 110 g/mol. The Morgan fingerprint density at radius 1 is 1.88 bits per heavy atom. The van der Waals surface area contributed by atoms with Gasteiger partial charge in [-0.3, -0.25) is 0 Å². The van der Waals surface area contributed by atoms with E-state index in [4.69, 9.17) is 0 Å². The number of hydrogen-bond donors (Lipinski definition) is 0. The van der Waals surface area contributed by atoms with Gasteiger partial charge >= 0.3 is 0 Å². The van der Waals surface area contributed by atoms with Gasteiger partial charge in [-0.2, -0.15) is 0 Å². The first-order valence-electron chi connectivity index (χ1n) is 2.74. The van der Waals surface area contributed by atoms with Crippen LogP contribution in [0, 0.1) is 6.07 Å². The lowest BCUT2D eigenvalue weighted by atomic mass is 10.3. The number of nitrogens with zero attached hydrogens (tertiary/aromatic N) is 1. The number of aromatic nitrogens is 1. The van der Waals surface area contributed by atoms with Crippen molar-refractivity contribution in [3.63, 3.8) is 0 Å². The van der Waals surface area contributed by atoms with Gasteiger partial charge in [0.1, 0.15) is 6.26 Å². The summed E-state index contributed by atoms with van der Waals surface area (Å²) in [5.74, 6) is 0. The Balaban J connectivity index is 2.50. The number of aryl methyl sites for hydroxylation is 1. The van der Waals surface area contributed by atoms with Crippen LogP contribution in [0.25, 0.3) is 0 Å². The van der Waals surface area contributed by atoms with Gasteiger partial charge in [-0.25, -0.2) is 0 Å². The maximum atomic E-state index is 4.56. The van der Waals surface area contributed by atoms with Crippen LogP contribution in [0.2, 0.25) is 0 Å². The van der Waals surface area contributed by atoms with Crippen LogP contribution in [0.1, 0.15) is 19.0 Å². The first kappa shape index (κ1) is 5.35. The first-order valence-corrected chi connectivity index (χ1v) is 2.74. The van der Waals surface area contributed by atoms with E-state index in [1.165, 1.54) is 6.26 Å². The van der Waals surface area contributed by atoms with Crippen molar-refractivity contribution in [2.75, 3.05) is 0 Å². The molecule has 0 amide bonds. The highest BCUT2D eigenvalue weighted by Gasteiger charge is 1.91. The van der Waals surface area contributed by atoms with Crippen molar-refractivity contribution in [2.24, 2.45) is 0 Å². The summed E-state index contributed by atoms with van der Waals surface area (Å²) in [4.78, 5) is 0. The maximum absolute atomic E-state index is 4.56. The highest BCUT2D eigenvalue weighted by atomic mass is 16.5. The molecule has 2 nitrogen and oxygen atoms in total. The summed E-state index contributed by atoms with van der Waals surface area (Å²) in [5, 5.41) is 3.68. The SMILES string of the molecule is CCCc1[c]con1. The van der Waals surface area contributed by atoms with E-state index in [2.05, 4.69) is 22.7 Å². The fourth-order valence-corrected chi connectivity index (χ4v) is 0.565. The second-order valence-corrected chi connectivity index (χ2v) is 1.66. The molecule has 0 atom stereocenters.